The number of benzene rings is 4. The molecule has 4 heterocycles. The number of aryl methyl sites for hydroxylation is 7. The summed E-state index contributed by atoms with van der Waals surface area (Å²) >= 11 is 0. The maximum atomic E-state index is 14.4. The minimum absolute atomic E-state index is 0. The van der Waals surface area contributed by atoms with Crippen LogP contribution in [0, 0.1) is 115 Å². The summed E-state index contributed by atoms with van der Waals surface area (Å²) in [6, 6.07) is 6.43. The molecule has 0 radical (unpaired) electrons. The maximum Gasteiger partial charge on any atom is 0.347 e. The number of rotatable bonds is 11. The highest BCUT2D eigenvalue weighted by atomic mass is 19.2. The van der Waals surface area contributed by atoms with Gasteiger partial charge in [0.15, 0.2) is 52.3 Å². The van der Waals surface area contributed by atoms with E-state index in [2.05, 4.69) is 27.7 Å². The Bertz CT molecular complexity index is 3210. The van der Waals surface area contributed by atoms with Crippen molar-refractivity contribution in [3.63, 3.8) is 0 Å². The summed E-state index contributed by atoms with van der Waals surface area (Å²) in [5.41, 5.74) is 3.72. The lowest BCUT2D eigenvalue weighted by Gasteiger charge is -2.36. The number of carbonyl (C=O) groups excluding carboxylic acids is 2. The molecule has 0 bridgehead atoms. The average Bonchev–Trinajstić information content (AvgIpc) is 0.812. The first-order valence-electron chi connectivity index (χ1n) is 36.6. The Labute approximate surface area is 572 Å². The number of hydrogen-bond acceptors (Lipinski definition) is 9. The average molecular weight is 1360 g/mol. The van der Waals surface area contributed by atoms with E-state index in [4.69, 9.17) is 33.2 Å². The highest BCUT2D eigenvalue weighted by molar-refractivity contribution is 5.76. The molecule has 9 aliphatic rings. The highest BCUT2D eigenvalue weighted by Crippen LogP contribution is 2.44. The SMILES string of the molecule is CC1CCC(C2CCC(C(=O)Oc3cc4c(c(F)c3F)OC(C)CC4)CC2)CC1.Cc1cc2c(c(F)c1F)OC(C(=O)OC1CCC(C)CC1)CC2.Cc1cc2c(c(F)c1F)OC(CCC1CCC(C)CC1)CC2.Cc1cc2c(c(F)c1F)OC(COC1CCC(C)CC1)CC2.[HH].[HH].[HH].[HH].[HH]. The standard InChI is InChI=1S/C24H32F2O3.C19H26F2O.C18H22F2O3.C18H24F2O2.5H2/c1-14-3-6-16(7-4-14)17-9-11-18(12-10-17)24(27)29-20-13-19-8-5-15(2)28-23(19)22(26)21(20)25;1-12-3-5-14(6-4-12)7-9-16-10-8-15-11-13(2)17(20)18(21)19(15)22-16;1-10-3-6-13(7-4-10)22-18(21)14-8-5-12-9-11(2)15(19)16(20)17(12)23-14;1-11-3-6-14(7-4-11)21-10-15-8-5-13-9-12(2)16(19)17(20)18(13)22-15;;;;;/h13-18H,3-12H2,1-2H3;11-12,14,16H,3-10H2,1-2H3;9-10,13-14H,3-8H2,1-2H3;9,11,14-15H,3-8,10H2,1-2H3;5*1H. The number of esters is 2. The molecule has 0 spiro atoms. The summed E-state index contributed by atoms with van der Waals surface area (Å²) < 4.78 is 151. The predicted molar refractivity (Wildman–Crippen MR) is 364 cm³/mol. The van der Waals surface area contributed by atoms with Crippen LogP contribution in [0.4, 0.5) is 35.1 Å². The number of fused-ring (bicyclic) bond motifs is 4. The molecule has 13 rings (SSSR count). The van der Waals surface area contributed by atoms with E-state index in [1.54, 1.807) is 32.0 Å². The Hall–Kier alpha value is -5.58. The third kappa shape index (κ3) is 18.6. The van der Waals surface area contributed by atoms with Gasteiger partial charge in [0, 0.05) is 12.7 Å². The van der Waals surface area contributed by atoms with Gasteiger partial charge in [-0.15, -0.1) is 0 Å². The molecule has 96 heavy (non-hydrogen) atoms. The molecule has 5 saturated carbocycles. The van der Waals surface area contributed by atoms with Gasteiger partial charge in [0.2, 0.25) is 29.1 Å². The van der Waals surface area contributed by atoms with E-state index in [1.165, 1.54) is 77.2 Å². The zero-order chi connectivity index (χ0) is 68.5. The van der Waals surface area contributed by atoms with E-state index < -0.39 is 64.6 Å². The number of carbonyl (C=O) groups is 2. The van der Waals surface area contributed by atoms with E-state index in [9.17, 15) is 44.7 Å². The molecule has 5 aliphatic carbocycles. The summed E-state index contributed by atoms with van der Waals surface area (Å²) in [4.78, 5) is 24.9. The second-order valence-electron chi connectivity index (χ2n) is 30.4. The first kappa shape index (κ1) is 73.1. The third-order valence-electron chi connectivity index (χ3n) is 22.6. The van der Waals surface area contributed by atoms with Crippen LogP contribution in [0.5, 0.6) is 28.7 Å². The summed E-state index contributed by atoms with van der Waals surface area (Å²) in [6.07, 6.45) is 29.2. The quantitative estimate of drug-likeness (QED) is 0.0826. The molecule has 4 aliphatic heterocycles. The smallest absolute Gasteiger partial charge is 0.347 e. The zero-order valence-corrected chi connectivity index (χ0v) is 58.0. The van der Waals surface area contributed by atoms with Gasteiger partial charge < -0.3 is 33.2 Å². The summed E-state index contributed by atoms with van der Waals surface area (Å²) in [5, 5.41) is 0. The molecule has 4 aromatic carbocycles. The van der Waals surface area contributed by atoms with Crippen molar-refractivity contribution in [3.05, 3.63) is 110 Å². The van der Waals surface area contributed by atoms with Crippen LogP contribution in [0.2, 0.25) is 0 Å². The Balaban J connectivity index is 0.000000240. The van der Waals surface area contributed by atoms with Crippen LogP contribution < -0.4 is 23.7 Å². The van der Waals surface area contributed by atoms with Crippen molar-refractivity contribution in [1.29, 1.82) is 0 Å². The first-order valence-corrected chi connectivity index (χ1v) is 36.6. The van der Waals surface area contributed by atoms with Crippen molar-refractivity contribution in [2.45, 2.75) is 285 Å². The first-order chi connectivity index (χ1) is 46.0. The molecule has 0 saturated heterocycles. The Morgan fingerprint density at radius 1 is 0.406 bits per heavy atom. The molecular weight excluding hydrogens is 1240 g/mol. The monoisotopic (exact) mass is 1360 g/mol. The molecular formula is C79H114F8O9. The normalized spacial score (nSPS) is 29.1. The second-order valence-corrected chi connectivity index (χ2v) is 30.4. The van der Waals surface area contributed by atoms with Crippen molar-refractivity contribution in [3.8, 4) is 28.7 Å². The van der Waals surface area contributed by atoms with Crippen LogP contribution in [0.1, 0.15) is 248 Å². The van der Waals surface area contributed by atoms with Gasteiger partial charge in [-0.1, -0.05) is 66.2 Å². The van der Waals surface area contributed by atoms with Crippen molar-refractivity contribution in [2.24, 2.45) is 47.3 Å². The molecule has 4 atom stereocenters. The van der Waals surface area contributed by atoms with Crippen LogP contribution in [-0.4, -0.2) is 55.2 Å². The van der Waals surface area contributed by atoms with E-state index in [-0.39, 0.29) is 71.8 Å². The fraction of sp³-hybridized carbons (Fsp3) is 0.671. The number of halogens is 8. The molecule has 540 valence electrons. The topological polar surface area (TPSA) is 98.8 Å². The van der Waals surface area contributed by atoms with Gasteiger partial charge >= 0.3 is 11.9 Å². The highest BCUT2D eigenvalue weighted by Gasteiger charge is 2.37. The molecule has 17 heteroatoms. The summed E-state index contributed by atoms with van der Waals surface area (Å²) in [7, 11) is 0. The molecule has 9 nitrogen and oxygen atoms in total. The van der Waals surface area contributed by atoms with Gasteiger partial charge in [-0.25, -0.2) is 18.0 Å². The van der Waals surface area contributed by atoms with Crippen LogP contribution in [0.3, 0.4) is 0 Å². The maximum absolute atomic E-state index is 14.4. The zero-order valence-electron chi connectivity index (χ0n) is 58.0. The van der Waals surface area contributed by atoms with E-state index in [0.29, 0.717) is 72.5 Å². The summed E-state index contributed by atoms with van der Waals surface area (Å²) in [6.45, 7) is 16.1. The van der Waals surface area contributed by atoms with Gasteiger partial charge in [-0.05, 0) is 281 Å². The largest absolute Gasteiger partial charge is 0.487 e. The van der Waals surface area contributed by atoms with Crippen LogP contribution in [-0.2, 0) is 44.7 Å². The molecule has 4 unspecified atom stereocenters. The second kappa shape index (κ2) is 33.5. The lowest BCUT2D eigenvalue weighted by atomic mass is 9.69. The summed E-state index contributed by atoms with van der Waals surface area (Å²) in [5.74, 6) is -3.21. The molecule has 0 aromatic heterocycles. The van der Waals surface area contributed by atoms with Crippen molar-refractivity contribution in [1.82, 2.24) is 0 Å². The van der Waals surface area contributed by atoms with Gasteiger partial charge in [-0.2, -0.15) is 22.0 Å². The minimum atomic E-state index is -1.13. The number of hydrogen-bond donors (Lipinski definition) is 0. The van der Waals surface area contributed by atoms with Gasteiger partial charge in [0.05, 0.1) is 30.8 Å². The predicted octanol–water partition coefficient (Wildman–Crippen LogP) is 21.7. The molecule has 0 N–H and O–H groups in total. The van der Waals surface area contributed by atoms with Crippen molar-refractivity contribution < 1.29 is 85.0 Å². The Kier molecular flexibility index (Phi) is 25.5. The van der Waals surface area contributed by atoms with E-state index in [0.717, 1.165) is 143 Å². The van der Waals surface area contributed by atoms with E-state index >= 15 is 0 Å². The molecule has 4 aromatic rings. The fourth-order valence-electron chi connectivity index (χ4n) is 16.1. The fourth-order valence-corrected chi connectivity index (χ4v) is 16.1. The van der Waals surface area contributed by atoms with E-state index in [1.807, 2.05) is 6.92 Å². The Morgan fingerprint density at radius 3 is 1.34 bits per heavy atom. The third-order valence-corrected chi connectivity index (χ3v) is 22.6. The van der Waals surface area contributed by atoms with Crippen LogP contribution >= 0.6 is 0 Å². The van der Waals surface area contributed by atoms with Crippen LogP contribution in [0.25, 0.3) is 0 Å². The van der Waals surface area contributed by atoms with Gasteiger partial charge in [0.25, 0.3) is 0 Å². The van der Waals surface area contributed by atoms with Crippen molar-refractivity contribution >= 4 is 11.9 Å². The minimum Gasteiger partial charge on any atom is -0.487 e. The number of ether oxygens (including phenoxy) is 7. The van der Waals surface area contributed by atoms with Gasteiger partial charge in [0.1, 0.15) is 12.2 Å². The lowest BCUT2D eigenvalue weighted by molar-refractivity contribution is -0.160. The lowest BCUT2D eigenvalue weighted by Crippen LogP contribution is -2.36. The molecule has 0 amide bonds. The molecule has 5 fully saturated rings. The van der Waals surface area contributed by atoms with Crippen LogP contribution in [0.15, 0.2) is 24.3 Å². The van der Waals surface area contributed by atoms with Gasteiger partial charge in [-0.3, -0.25) is 4.79 Å². The Morgan fingerprint density at radius 2 is 0.812 bits per heavy atom. The van der Waals surface area contributed by atoms with Crippen molar-refractivity contribution in [2.75, 3.05) is 6.61 Å².